The molecule has 1 saturated carbocycles. The first-order chi connectivity index (χ1) is 20.8. The summed E-state index contributed by atoms with van der Waals surface area (Å²) in [5.74, 6) is -3.40. The lowest BCUT2D eigenvalue weighted by atomic mass is 9.75. The van der Waals surface area contributed by atoms with Crippen molar-refractivity contribution in [1.29, 1.82) is 0 Å². The number of amides is 1. The Kier molecular flexibility index (Phi) is 8.06. The molecule has 0 unspecified atom stereocenters. The normalized spacial score (nSPS) is 25.9. The quantitative estimate of drug-likeness (QED) is 0.289. The van der Waals surface area contributed by atoms with Crippen molar-refractivity contribution in [2.45, 2.75) is 85.6 Å². The average Bonchev–Trinajstić information content (AvgIpc) is 3.37. The maximum Gasteiger partial charge on any atom is 0.435 e. The topological polar surface area (TPSA) is 91.8 Å². The van der Waals surface area contributed by atoms with Crippen LogP contribution in [-0.2, 0) is 36.3 Å². The van der Waals surface area contributed by atoms with E-state index in [-0.39, 0.29) is 67.5 Å². The van der Waals surface area contributed by atoms with Crippen LogP contribution in [0, 0.1) is 24.6 Å². The first kappa shape index (κ1) is 33.1. The second kappa shape index (κ2) is 10.9. The molecule has 6 nitrogen and oxygen atoms in total. The van der Waals surface area contributed by atoms with E-state index in [0.717, 1.165) is 37.3 Å². The minimum Gasteiger partial charge on any atom is -0.481 e. The zero-order valence-corrected chi connectivity index (χ0v) is 24.6. The molecule has 1 aliphatic heterocycles. The Bertz CT molecular complexity index is 1600. The Balaban J connectivity index is 1.66. The van der Waals surface area contributed by atoms with Gasteiger partial charge in [-0.2, -0.15) is 26.3 Å². The van der Waals surface area contributed by atoms with Gasteiger partial charge in [-0.25, -0.2) is 17.2 Å². The van der Waals surface area contributed by atoms with Crippen LogP contribution in [0.1, 0.15) is 60.8 Å². The molecule has 2 fully saturated rings. The highest BCUT2D eigenvalue weighted by atomic mass is 32.2. The lowest BCUT2D eigenvalue weighted by Crippen LogP contribution is -2.54. The highest BCUT2D eigenvalue weighted by Crippen LogP contribution is 2.57. The number of benzene rings is 2. The van der Waals surface area contributed by atoms with Gasteiger partial charge in [-0.15, -0.1) is 0 Å². The zero-order valence-electron chi connectivity index (χ0n) is 23.8. The number of nitrogens with zero attached hydrogens (tertiary/aromatic N) is 1. The van der Waals surface area contributed by atoms with Gasteiger partial charge in [0.1, 0.15) is 10.6 Å². The van der Waals surface area contributed by atoms with Crippen LogP contribution in [0.4, 0.5) is 35.1 Å². The number of alkyl halides is 7. The summed E-state index contributed by atoms with van der Waals surface area (Å²) in [4.78, 5) is 26.2. The van der Waals surface area contributed by atoms with Crippen molar-refractivity contribution in [3.8, 4) is 0 Å². The zero-order chi connectivity index (χ0) is 33.3. The van der Waals surface area contributed by atoms with Crippen LogP contribution in [0.15, 0.2) is 41.3 Å². The molecule has 0 bridgehead atoms. The van der Waals surface area contributed by atoms with Gasteiger partial charge in [-0.3, -0.25) is 9.59 Å². The van der Waals surface area contributed by atoms with Gasteiger partial charge in [0.2, 0.25) is 5.91 Å². The van der Waals surface area contributed by atoms with Crippen molar-refractivity contribution in [1.82, 2.24) is 4.90 Å². The van der Waals surface area contributed by atoms with E-state index in [9.17, 15) is 53.8 Å². The summed E-state index contributed by atoms with van der Waals surface area (Å²) in [6.07, 6.45) is -12.5. The standard InChI is InChI=1S/C30H29F8NO5S/c1-16-14-23-19(15-22(16)28(32,29(33,34)35)30(36,37)38)6-11-24-27(23,45(43,44)21-9-7-20(31)8-10-21)12-13-39(24)25(40)17-2-4-18(5-3-17)26(41)42/h7-10,14-15,17-18,24H,2-6,11-13H2,1H3,(H,41,42)/t17?,18?,24-,27-/m0/s1. The van der Waals surface area contributed by atoms with Gasteiger partial charge < -0.3 is 10.0 Å². The van der Waals surface area contributed by atoms with Gasteiger partial charge in [-0.1, -0.05) is 12.1 Å². The van der Waals surface area contributed by atoms with Crippen molar-refractivity contribution in [3.63, 3.8) is 0 Å². The van der Waals surface area contributed by atoms with E-state index >= 15 is 4.39 Å². The summed E-state index contributed by atoms with van der Waals surface area (Å²) >= 11 is 0. The summed E-state index contributed by atoms with van der Waals surface area (Å²) < 4.78 is 138. The third-order valence-electron chi connectivity index (χ3n) is 9.70. The van der Waals surface area contributed by atoms with E-state index in [1.54, 1.807) is 0 Å². The van der Waals surface area contributed by atoms with Crippen LogP contribution < -0.4 is 0 Å². The number of likely N-dealkylation sites (tertiary alicyclic amines) is 1. The van der Waals surface area contributed by atoms with Gasteiger partial charge in [0.25, 0.3) is 0 Å². The fourth-order valence-electron chi connectivity index (χ4n) is 7.41. The van der Waals surface area contributed by atoms with Crippen LogP contribution in [0.2, 0.25) is 0 Å². The number of carboxylic acids is 1. The summed E-state index contributed by atoms with van der Waals surface area (Å²) in [7, 11) is -4.61. The smallest absolute Gasteiger partial charge is 0.435 e. The predicted octanol–water partition coefficient (Wildman–Crippen LogP) is 6.53. The molecule has 3 aliphatic rings. The first-order valence-electron chi connectivity index (χ1n) is 14.3. The Morgan fingerprint density at radius 2 is 1.44 bits per heavy atom. The molecular weight excluding hydrogens is 638 g/mol. The van der Waals surface area contributed by atoms with Crippen molar-refractivity contribution in [2.75, 3.05) is 6.54 Å². The number of fused-ring (bicyclic) bond motifs is 3. The SMILES string of the molecule is Cc1cc2c(cc1C(F)(C(F)(F)F)C(F)(F)F)CC[C@@H]1N(C(=O)C3CCC(C(=O)O)CC3)CC[C@]21S(=O)(=O)c1ccc(F)cc1. The lowest BCUT2D eigenvalue weighted by molar-refractivity contribution is -0.348. The van der Waals surface area contributed by atoms with E-state index in [1.807, 2.05) is 0 Å². The minimum absolute atomic E-state index is 0.124. The molecule has 2 aliphatic carbocycles. The molecule has 1 N–H and O–H groups in total. The number of sulfone groups is 1. The van der Waals surface area contributed by atoms with Crippen molar-refractivity contribution in [2.24, 2.45) is 11.8 Å². The molecular formula is C30H29F8NO5S. The van der Waals surface area contributed by atoms with E-state index in [0.29, 0.717) is 6.07 Å². The molecule has 246 valence electrons. The summed E-state index contributed by atoms with van der Waals surface area (Å²) in [5, 5.41) is 9.32. The van der Waals surface area contributed by atoms with Crippen LogP contribution in [0.3, 0.4) is 0 Å². The van der Waals surface area contributed by atoms with E-state index in [1.165, 1.54) is 4.90 Å². The number of halogens is 8. The average molecular weight is 668 g/mol. The summed E-state index contributed by atoms with van der Waals surface area (Å²) in [6, 6.07) is 3.93. The molecule has 1 amide bonds. The fraction of sp³-hybridized carbons (Fsp3) is 0.533. The number of hydrogen-bond donors (Lipinski definition) is 1. The fourth-order valence-corrected chi connectivity index (χ4v) is 9.77. The van der Waals surface area contributed by atoms with Gasteiger partial charge >= 0.3 is 24.0 Å². The molecule has 2 aromatic rings. The lowest BCUT2D eigenvalue weighted by Gasteiger charge is -2.44. The third kappa shape index (κ3) is 4.99. The third-order valence-corrected chi connectivity index (χ3v) is 12.2. The molecule has 1 heterocycles. The number of aryl methyl sites for hydroxylation is 2. The summed E-state index contributed by atoms with van der Waals surface area (Å²) in [6.45, 7) is 0.711. The highest BCUT2D eigenvalue weighted by molar-refractivity contribution is 7.92. The second-order valence-electron chi connectivity index (χ2n) is 12.0. The van der Waals surface area contributed by atoms with Gasteiger partial charge in [0.15, 0.2) is 9.84 Å². The van der Waals surface area contributed by atoms with Crippen molar-refractivity contribution in [3.05, 3.63) is 64.5 Å². The van der Waals surface area contributed by atoms with Crippen LogP contribution >= 0.6 is 0 Å². The van der Waals surface area contributed by atoms with Crippen LogP contribution in [-0.4, -0.2) is 55.2 Å². The van der Waals surface area contributed by atoms with Crippen molar-refractivity contribution < 1.29 is 58.2 Å². The van der Waals surface area contributed by atoms with Gasteiger partial charge in [0.05, 0.1) is 16.9 Å². The predicted molar refractivity (Wildman–Crippen MR) is 143 cm³/mol. The Morgan fingerprint density at radius 1 is 0.889 bits per heavy atom. The Morgan fingerprint density at radius 3 is 1.98 bits per heavy atom. The number of hydrogen-bond acceptors (Lipinski definition) is 4. The van der Waals surface area contributed by atoms with Crippen LogP contribution in [0.25, 0.3) is 0 Å². The molecule has 2 aromatic carbocycles. The number of rotatable bonds is 5. The monoisotopic (exact) mass is 667 g/mol. The first-order valence-corrected chi connectivity index (χ1v) is 15.8. The Hall–Kier alpha value is -3.23. The maximum absolute atomic E-state index is 15.2. The number of carbonyl (C=O) groups excluding carboxylic acids is 1. The molecule has 5 rings (SSSR count). The number of carboxylic acid groups (broad SMARTS) is 1. The van der Waals surface area contributed by atoms with E-state index in [4.69, 9.17) is 0 Å². The number of aliphatic carboxylic acids is 1. The largest absolute Gasteiger partial charge is 0.481 e. The van der Waals surface area contributed by atoms with Crippen LogP contribution in [0.5, 0.6) is 0 Å². The maximum atomic E-state index is 15.2. The molecule has 0 radical (unpaired) electrons. The number of carbonyl (C=O) groups is 2. The second-order valence-corrected chi connectivity index (χ2v) is 14.3. The van der Waals surface area contributed by atoms with Gasteiger partial charge in [-0.05, 0) is 92.8 Å². The summed E-state index contributed by atoms with van der Waals surface area (Å²) in [5.41, 5.74) is -8.58. The van der Waals surface area contributed by atoms with E-state index in [2.05, 4.69) is 0 Å². The molecule has 0 spiro atoms. The molecule has 45 heavy (non-hydrogen) atoms. The molecule has 1 saturated heterocycles. The molecule has 15 heteroatoms. The molecule has 2 atom stereocenters. The van der Waals surface area contributed by atoms with E-state index < -0.39 is 79.3 Å². The molecule has 0 aromatic heterocycles. The highest BCUT2D eigenvalue weighted by Gasteiger charge is 2.74. The van der Waals surface area contributed by atoms with Crippen molar-refractivity contribution >= 4 is 21.7 Å². The van der Waals surface area contributed by atoms with Gasteiger partial charge in [0, 0.05) is 18.0 Å². The minimum atomic E-state index is -6.38. The Labute approximate surface area is 253 Å².